The van der Waals surface area contributed by atoms with E-state index in [4.69, 9.17) is 4.98 Å². The Balaban J connectivity index is 1.58. The van der Waals surface area contributed by atoms with Gasteiger partial charge in [0.15, 0.2) is 0 Å². The third kappa shape index (κ3) is 7.21. The maximum absolute atomic E-state index is 13.3. The number of carbonyl (C=O) groups is 3. The van der Waals surface area contributed by atoms with Crippen molar-refractivity contribution in [2.24, 2.45) is 22.7 Å². The van der Waals surface area contributed by atoms with Crippen LogP contribution in [0.1, 0.15) is 119 Å². The van der Waals surface area contributed by atoms with E-state index in [1.165, 1.54) is 12.8 Å². The Labute approximate surface area is 238 Å². The Bertz CT molecular complexity index is 1240. The van der Waals surface area contributed by atoms with E-state index in [1.807, 2.05) is 18.2 Å². The topological polar surface area (TPSA) is 108 Å². The largest absolute Gasteiger partial charge is 0.480 e. The molecule has 1 heterocycles. The van der Waals surface area contributed by atoms with Crippen molar-refractivity contribution < 1.29 is 19.5 Å². The Morgan fingerprint density at radius 3 is 2.15 bits per heavy atom. The van der Waals surface area contributed by atoms with Crippen LogP contribution in [0.4, 0.5) is 0 Å². The predicted molar refractivity (Wildman–Crippen MR) is 158 cm³/mol. The second-order valence-corrected chi connectivity index (χ2v) is 14.2. The van der Waals surface area contributed by atoms with Gasteiger partial charge in [-0.3, -0.25) is 9.59 Å². The molecule has 2 aliphatic rings. The van der Waals surface area contributed by atoms with Gasteiger partial charge in [0.1, 0.15) is 11.7 Å². The van der Waals surface area contributed by atoms with Gasteiger partial charge in [-0.25, -0.2) is 9.78 Å². The summed E-state index contributed by atoms with van der Waals surface area (Å²) in [6, 6.07) is 6.47. The van der Waals surface area contributed by atoms with Gasteiger partial charge >= 0.3 is 5.97 Å². The van der Waals surface area contributed by atoms with Gasteiger partial charge in [0.2, 0.25) is 0 Å². The molecule has 2 aliphatic carbocycles. The lowest BCUT2D eigenvalue weighted by Crippen LogP contribution is -2.49. The van der Waals surface area contributed by atoms with E-state index in [-0.39, 0.29) is 17.6 Å². The summed E-state index contributed by atoms with van der Waals surface area (Å²) < 4.78 is 0. The number of benzene rings is 1. The number of aromatic nitrogens is 1. The fraction of sp³-hybridized carbons (Fsp3) is 0.636. The van der Waals surface area contributed by atoms with E-state index in [0.29, 0.717) is 22.8 Å². The third-order valence-electron chi connectivity index (χ3n) is 9.04. The number of carboxylic acids is 1. The van der Waals surface area contributed by atoms with Crippen molar-refractivity contribution in [3.8, 4) is 0 Å². The Morgan fingerprint density at radius 2 is 1.57 bits per heavy atom. The first kappa shape index (κ1) is 30.0. The third-order valence-corrected chi connectivity index (χ3v) is 9.04. The summed E-state index contributed by atoms with van der Waals surface area (Å²) in [6.45, 7) is 12.3. The van der Waals surface area contributed by atoms with Crippen LogP contribution in [0.15, 0.2) is 24.3 Å². The average molecular weight is 550 g/mol. The number of carbonyl (C=O) groups excluding carboxylic acids is 2. The van der Waals surface area contributed by atoms with Crippen molar-refractivity contribution in [2.45, 2.75) is 111 Å². The highest BCUT2D eigenvalue weighted by atomic mass is 16.4. The molecule has 40 heavy (non-hydrogen) atoms. The van der Waals surface area contributed by atoms with Gasteiger partial charge in [0.25, 0.3) is 11.8 Å². The highest BCUT2D eigenvalue weighted by Gasteiger charge is 2.34. The minimum atomic E-state index is -1.07. The van der Waals surface area contributed by atoms with Crippen molar-refractivity contribution >= 4 is 28.6 Å². The second-order valence-electron chi connectivity index (χ2n) is 14.2. The van der Waals surface area contributed by atoms with Gasteiger partial charge < -0.3 is 15.7 Å². The maximum Gasteiger partial charge on any atom is 0.326 e. The van der Waals surface area contributed by atoms with Crippen molar-refractivity contribution in [3.05, 3.63) is 41.2 Å². The second kappa shape index (κ2) is 11.9. The highest BCUT2D eigenvalue weighted by molar-refractivity contribution is 6.02. The van der Waals surface area contributed by atoms with Crippen LogP contribution in [-0.4, -0.2) is 40.0 Å². The maximum atomic E-state index is 13.3. The highest BCUT2D eigenvalue weighted by Crippen LogP contribution is 2.38. The summed E-state index contributed by atoms with van der Waals surface area (Å²) in [5.41, 5.74) is 1.27. The van der Waals surface area contributed by atoms with E-state index in [1.54, 1.807) is 26.8 Å². The number of aliphatic carboxylic acids is 1. The fourth-order valence-corrected chi connectivity index (χ4v) is 6.44. The van der Waals surface area contributed by atoms with Crippen LogP contribution in [0.3, 0.4) is 0 Å². The Kier molecular flexibility index (Phi) is 8.91. The normalized spacial score (nSPS) is 21.2. The van der Waals surface area contributed by atoms with E-state index < -0.39 is 23.3 Å². The first-order valence-electron chi connectivity index (χ1n) is 15.0. The van der Waals surface area contributed by atoms with Gasteiger partial charge in [-0.15, -0.1) is 0 Å². The molecule has 2 saturated carbocycles. The van der Waals surface area contributed by atoms with Crippen LogP contribution in [0.2, 0.25) is 0 Å². The minimum Gasteiger partial charge on any atom is -0.480 e. The number of amides is 2. The molecule has 7 heteroatoms. The van der Waals surface area contributed by atoms with Gasteiger partial charge in [-0.05, 0) is 78.4 Å². The quantitative estimate of drug-likeness (QED) is 0.364. The molecule has 1 atom stereocenters. The SMILES string of the molecule is CC(C)(C)C1CCC(NC(=O)c2ccc3cc(C(=O)N[C@H](C(=O)O)C(C)(C)C)nc(CC4CCCC4)c3c2)CC1. The molecule has 3 N–H and O–H groups in total. The number of fused-ring (bicyclic) bond motifs is 1. The number of nitrogens with one attached hydrogen (secondary N) is 2. The van der Waals surface area contributed by atoms with Crippen molar-refractivity contribution in [1.82, 2.24) is 15.6 Å². The molecule has 0 unspecified atom stereocenters. The molecule has 2 fully saturated rings. The van der Waals surface area contributed by atoms with Crippen LogP contribution >= 0.6 is 0 Å². The lowest BCUT2D eigenvalue weighted by Gasteiger charge is -2.37. The molecule has 1 aromatic carbocycles. The van der Waals surface area contributed by atoms with Gasteiger partial charge in [0.05, 0.1) is 0 Å². The summed E-state index contributed by atoms with van der Waals surface area (Å²) in [4.78, 5) is 43.1. The zero-order valence-corrected chi connectivity index (χ0v) is 25.1. The monoisotopic (exact) mass is 549 g/mol. The Morgan fingerprint density at radius 1 is 0.925 bits per heavy atom. The molecule has 1 aromatic heterocycles. The Hall–Kier alpha value is -2.96. The molecule has 0 aliphatic heterocycles. The number of carboxylic acid groups (broad SMARTS) is 1. The average Bonchev–Trinajstić information content (AvgIpc) is 3.38. The molecular formula is C33H47N3O4. The van der Waals surface area contributed by atoms with E-state index in [0.717, 1.165) is 61.4 Å². The summed E-state index contributed by atoms with van der Waals surface area (Å²) in [5.74, 6) is -0.457. The molecule has 0 radical (unpaired) electrons. The lowest BCUT2D eigenvalue weighted by molar-refractivity contribution is -0.142. The van der Waals surface area contributed by atoms with Crippen molar-refractivity contribution in [2.75, 3.05) is 0 Å². The minimum absolute atomic E-state index is 0.0655. The first-order chi connectivity index (χ1) is 18.7. The van der Waals surface area contributed by atoms with Crippen LogP contribution in [0, 0.1) is 22.7 Å². The molecule has 218 valence electrons. The summed E-state index contributed by atoms with van der Waals surface area (Å²) >= 11 is 0. The number of nitrogens with zero attached hydrogens (tertiary/aromatic N) is 1. The zero-order valence-electron chi connectivity index (χ0n) is 25.1. The molecule has 2 amide bonds. The fourth-order valence-electron chi connectivity index (χ4n) is 6.44. The molecular weight excluding hydrogens is 502 g/mol. The lowest BCUT2D eigenvalue weighted by atomic mass is 9.71. The molecule has 4 rings (SSSR count). The van der Waals surface area contributed by atoms with Crippen LogP contribution in [-0.2, 0) is 11.2 Å². The van der Waals surface area contributed by atoms with Crippen LogP contribution in [0.25, 0.3) is 10.8 Å². The van der Waals surface area contributed by atoms with Crippen molar-refractivity contribution in [1.29, 1.82) is 0 Å². The van der Waals surface area contributed by atoms with Crippen LogP contribution < -0.4 is 10.6 Å². The van der Waals surface area contributed by atoms with Gasteiger partial charge in [-0.2, -0.15) is 0 Å². The first-order valence-corrected chi connectivity index (χ1v) is 15.0. The molecule has 0 spiro atoms. The van der Waals surface area contributed by atoms with Gasteiger partial charge in [-0.1, -0.05) is 73.3 Å². The number of rotatable bonds is 7. The number of hydrogen-bond acceptors (Lipinski definition) is 4. The molecule has 7 nitrogen and oxygen atoms in total. The predicted octanol–water partition coefficient (Wildman–Crippen LogP) is 6.53. The number of pyridine rings is 1. The van der Waals surface area contributed by atoms with E-state index in [9.17, 15) is 19.5 Å². The summed E-state index contributed by atoms with van der Waals surface area (Å²) in [7, 11) is 0. The van der Waals surface area contributed by atoms with Crippen LogP contribution in [0.5, 0.6) is 0 Å². The smallest absolute Gasteiger partial charge is 0.326 e. The molecule has 0 saturated heterocycles. The van der Waals surface area contributed by atoms with E-state index in [2.05, 4.69) is 31.4 Å². The number of hydrogen-bond donors (Lipinski definition) is 3. The summed E-state index contributed by atoms with van der Waals surface area (Å²) in [5, 5.41) is 17.4. The summed E-state index contributed by atoms with van der Waals surface area (Å²) in [6.07, 6.45) is 9.64. The van der Waals surface area contributed by atoms with Crippen molar-refractivity contribution in [3.63, 3.8) is 0 Å². The standard InChI is InChI=1S/C33H47N3O4/c1-32(2,3)23-13-15-24(16-14-23)34-29(37)22-12-11-21-19-27(30(38)36-28(31(39)40)33(4,5)6)35-26(25(21)18-22)17-20-9-7-8-10-20/h11-12,18-20,23-24,28H,7-10,13-17H2,1-6H3,(H,34,37)(H,36,38)(H,39,40)/t23?,24?,28-/m1/s1. The van der Waals surface area contributed by atoms with Gasteiger partial charge in [0, 0.05) is 22.7 Å². The van der Waals surface area contributed by atoms with E-state index >= 15 is 0 Å². The molecule has 0 bridgehead atoms. The zero-order chi connectivity index (χ0) is 29.2. The molecule has 2 aromatic rings.